The molecule has 0 aliphatic carbocycles. The fourth-order valence-corrected chi connectivity index (χ4v) is 3.26. The van der Waals surface area contributed by atoms with Crippen molar-refractivity contribution in [2.24, 2.45) is 0 Å². The molecule has 0 spiro atoms. The van der Waals surface area contributed by atoms with Gasteiger partial charge in [-0.25, -0.2) is 9.78 Å². The second-order valence-corrected chi connectivity index (χ2v) is 5.96. The summed E-state index contributed by atoms with van der Waals surface area (Å²) in [6.45, 7) is 0. The van der Waals surface area contributed by atoms with Crippen molar-refractivity contribution in [3.8, 4) is 22.5 Å². The number of thiophene rings is 1. The Morgan fingerprint density at radius 3 is 2.48 bits per heavy atom. The van der Waals surface area contributed by atoms with E-state index in [-0.39, 0.29) is 5.56 Å². The maximum atomic E-state index is 11.3. The Kier molecular flexibility index (Phi) is 3.20. The molecule has 112 valence electrons. The number of aromatic nitrogens is 2. The van der Waals surface area contributed by atoms with Crippen molar-refractivity contribution >= 4 is 28.3 Å². The molecular formula is C18H12N2O2S. The minimum atomic E-state index is -0.971. The SMILES string of the molecule is O=C(O)c1cccc2[nH]c(-c3ccc(-c4ccsc4)cc3)nc12. The van der Waals surface area contributed by atoms with Gasteiger partial charge in [0.25, 0.3) is 0 Å². The molecule has 4 rings (SSSR count). The third-order valence-corrected chi connectivity index (χ3v) is 4.44. The molecule has 0 atom stereocenters. The van der Waals surface area contributed by atoms with Gasteiger partial charge in [0, 0.05) is 5.56 Å². The van der Waals surface area contributed by atoms with Gasteiger partial charge in [0.15, 0.2) is 0 Å². The van der Waals surface area contributed by atoms with E-state index in [1.54, 1.807) is 23.5 Å². The van der Waals surface area contributed by atoms with Crippen molar-refractivity contribution in [1.29, 1.82) is 0 Å². The lowest BCUT2D eigenvalue weighted by Crippen LogP contribution is -1.96. The van der Waals surface area contributed by atoms with Crippen LogP contribution in [0.4, 0.5) is 0 Å². The number of imidazole rings is 1. The van der Waals surface area contributed by atoms with Gasteiger partial charge in [-0.1, -0.05) is 30.3 Å². The second-order valence-electron chi connectivity index (χ2n) is 5.18. The van der Waals surface area contributed by atoms with Gasteiger partial charge in [0.1, 0.15) is 11.3 Å². The Hall–Kier alpha value is -2.92. The number of carboxylic acid groups (broad SMARTS) is 1. The molecular weight excluding hydrogens is 308 g/mol. The van der Waals surface area contributed by atoms with Crippen LogP contribution in [-0.4, -0.2) is 21.0 Å². The highest BCUT2D eigenvalue weighted by molar-refractivity contribution is 7.08. The van der Waals surface area contributed by atoms with Gasteiger partial charge in [-0.2, -0.15) is 11.3 Å². The van der Waals surface area contributed by atoms with Crippen molar-refractivity contribution in [2.75, 3.05) is 0 Å². The van der Waals surface area contributed by atoms with Gasteiger partial charge >= 0.3 is 5.97 Å². The zero-order valence-electron chi connectivity index (χ0n) is 12.0. The first-order valence-electron chi connectivity index (χ1n) is 7.07. The summed E-state index contributed by atoms with van der Waals surface area (Å²) in [5.74, 6) is -0.299. The van der Waals surface area contributed by atoms with Crippen molar-refractivity contribution in [3.63, 3.8) is 0 Å². The number of aromatic amines is 1. The number of rotatable bonds is 3. The zero-order valence-corrected chi connectivity index (χ0v) is 12.8. The average molecular weight is 320 g/mol. The molecule has 0 saturated heterocycles. The molecule has 0 radical (unpaired) electrons. The molecule has 4 aromatic rings. The summed E-state index contributed by atoms with van der Waals surface area (Å²) in [6.07, 6.45) is 0. The summed E-state index contributed by atoms with van der Waals surface area (Å²) in [6, 6.07) is 15.3. The number of H-pyrrole nitrogens is 1. The summed E-state index contributed by atoms with van der Waals surface area (Å²) < 4.78 is 0. The number of carboxylic acids is 1. The van der Waals surface area contributed by atoms with Crippen LogP contribution in [0.5, 0.6) is 0 Å². The Bertz CT molecular complexity index is 986. The normalized spacial score (nSPS) is 11.0. The molecule has 2 aromatic heterocycles. The molecule has 0 unspecified atom stereocenters. The van der Waals surface area contributed by atoms with Crippen LogP contribution < -0.4 is 0 Å². The van der Waals surface area contributed by atoms with E-state index >= 15 is 0 Å². The molecule has 0 saturated carbocycles. The third kappa shape index (κ3) is 2.41. The van der Waals surface area contributed by atoms with Crippen molar-refractivity contribution in [2.45, 2.75) is 0 Å². The van der Waals surface area contributed by atoms with E-state index in [4.69, 9.17) is 0 Å². The third-order valence-electron chi connectivity index (χ3n) is 3.76. The monoisotopic (exact) mass is 320 g/mol. The van der Waals surface area contributed by atoms with E-state index in [1.807, 2.05) is 30.3 Å². The molecule has 0 amide bonds. The molecule has 0 bridgehead atoms. The van der Waals surface area contributed by atoms with E-state index < -0.39 is 5.97 Å². The maximum absolute atomic E-state index is 11.3. The van der Waals surface area contributed by atoms with Gasteiger partial charge in [0.2, 0.25) is 0 Å². The molecule has 2 aromatic carbocycles. The van der Waals surface area contributed by atoms with Crippen LogP contribution in [0.25, 0.3) is 33.5 Å². The fourth-order valence-electron chi connectivity index (χ4n) is 2.59. The number of aromatic carboxylic acids is 1. The summed E-state index contributed by atoms with van der Waals surface area (Å²) >= 11 is 1.67. The minimum Gasteiger partial charge on any atom is -0.478 e. The lowest BCUT2D eigenvalue weighted by Gasteiger charge is -2.00. The first-order chi connectivity index (χ1) is 11.2. The Morgan fingerprint density at radius 2 is 1.78 bits per heavy atom. The summed E-state index contributed by atoms with van der Waals surface area (Å²) in [7, 11) is 0. The Labute approximate surface area is 136 Å². The Balaban J connectivity index is 1.77. The topological polar surface area (TPSA) is 66.0 Å². The predicted octanol–water partition coefficient (Wildman–Crippen LogP) is 4.66. The number of para-hydroxylation sites is 1. The van der Waals surface area contributed by atoms with Gasteiger partial charge in [-0.3, -0.25) is 0 Å². The number of nitrogens with one attached hydrogen (secondary N) is 1. The van der Waals surface area contributed by atoms with Crippen LogP contribution in [0.15, 0.2) is 59.3 Å². The van der Waals surface area contributed by atoms with Crippen LogP contribution in [0.3, 0.4) is 0 Å². The van der Waals surface area contributed by atoms with Crippen molar-refractivity contribution < 1.29 is 9.90 Å². The summed E-state index contributed by atoms with van der Waals surface area (Å²) in [4.78, 5) is 18.9. The lowest BCUT2D eigenvalue weighted by atomic mass is 10.1. The maximum Gasteiger partial charge on any atom is 0.337 e. The van der Waals surface area contributed by atoms with Crippen LogP contribution >= 0.6 is 11.3 Å². The molecule has 2 heterocycles. The lowest BCUT2D eigenvalue weighted by molar-refractivity contribution is 0.0699. The highest BCUT2D eigenvalue weighted by Gasteiger charge is 2.13. The first-order valence-corrected chi connectivity index (χ1v) is 8.02. The highest BCUT2D eigenvalue weighted by Crippen LogP contribution is 2.27. The molecule has 5 heteroatoms. The number of hydrogen-bond donors (Lipinski definition) is 2. The Morgan fingerprint density at radius 1 is 1.00 bits per heavy atom. The molecule has 0 aliphatic heterocycles. The zero-order chi connectivity index (χ0) is 15.8. The average Bonchev–Trinajstić information content (AvgIpc) is 3.24. The highest BCUT2D eigenvalue weighted by atomic mass is 32.1. The number of nitrogens with zero attached hydrogens (tertiary/aromatic N) is 1. The summed E-state index contributed by atoms with van der Waals surface area (Å²) in [5, 5.41) is 13.4. The molecule has 23 heavy (non-hydrogen) atoms. The van der Waals surface area contributed by atoms with Gasteiger partial charge in [0.05, 0.1) is 11.1 Å². The van der Waals surface area contributed by atoms with Crippen molar-refractivity contribution in [3.05, 3.63) is 64.9 Å². The quantitative estimate of drug-likeness (QED) is 0.577. The molecule has 0 fully saturated rings. The number of fused-ring (bicyclic) bond motifs is 1. The molecule has 4 nitrogen and oxygen atoms in total. The van der Waals surface area contributed by atoms with Gasteiger partial charge in [-0.15, -0.1) is 0 Å². The van der Waals surface area contributed by atoms with Crippen LogP contribution in [0.2, 0.25) is 0 Å². The first kappa shape index (κ1) is 13.7. The minimum absolute atomic E-state index is 0.208. The van der Waals surface area contributed by atoms with E-state index in [2.05, 4.69) is 26.8 Å². The predicted molar refractivity (Wildman–Crippen MR) is 91.8 cm³/mol. The number of hydrogen-bond acceptors (Lipinski definition) is 3. The van der Waals surface area contributed by atoms with Crippen LogP contribution in [0, 0.1) is 0 Å². The van der Waals surface area contributed by atoms with E-state index in [1.165, 1.54) is 5.56 Å². The number of benzene rings is 2. The van der Waals surface area contributed by atoms with E-state index in [0.717, 1.165) is 16.6 Å². The van der Waals surface area contributed by atoms with Gasteiger partial charge in [-0.05, 0) is 40.1 Å². The van der Waals surface area contributed by atoms with Crippen LogP contribution in [0.1, 0.15) is 10.4 Å². The summed E-state index contributed by atoms with van der Waals surface area (Å²) in [5.41, 5.74) is 4.69. The van der Waals surface area contributed by atoms with Crippen molar-refractivity contribution in [1.82, 2.24) is 9.97 Å². The largest absolute Gasteiger partial charge is 0.478 e. The smallest absolute Gasteiger partial charge is 0.337 e. The molecule has 2 N–H and O–H groups in total. The second kappa shape index (κ2) is 5.37. The van der Waals surface area contributed by atoms with E-state index in [9.17, 15) is 9.90 Å². The molecule has 0 aliphatic rings. The van der Waals surface area contributed by atoms with Crippen LogP contribution in [-0.2, 0) is 0 Å². The van der Waals surface area contributed by atoms with E-state index in [0.29, 0.717) is 11.3 Å². The van der Waals surface area contributed by atoms with Gasteiger partial charge < -0.3 is 10.1 Å². The standard InChI is InChI=1S/C18H12N2O2S/c21-18(22)14-2-1-3-15-16(14)20-17(19-15)12-6-4-11(5-7-12)13-8-9-23-10-13/h1-10H,(H,19,20)(H,21,22). The number of carbonyl (C=O) groups is 1. The fraction of sp³-hybridized carbons (Fsp3) is 0.